The standard InChI is InChI=1S/C18H16ClNO5/c1-10-16(25-15-6-4-3-5-14(15)24-10)17(21)20-11-7-8-13(19)12(9-11)18(22)23-2/h3-10,16H,1-2H3,(H,20,21). The van der Waals surface area contributed by atoms with Crippen molar-refractivity contribution in [1.29, 1.82) is 0 Å². The van der Waals surface area contributed by atoms with E-state index in [2.05, 4.69) is 10.1 Å². The van der Waals surface area contributed by atoms with Crippen LogP contribution in [0.2, 0.25) is 5.02 Å². The van der Waals surface area contributed by atoms with Gasteiger partial charge in [0.25, 0.3) is 5.91 Å². The summed E-state index contributed by atoms with van der Waals surface area (Å²) < 4.78 is 16.1. The SMILES string of the molecule is COC(=O)c1cc(NC(=O)C2Oc3ccccc3OC2C)ccc1Cl. The number of esters is 1. The predicted octanol–water partition coefficient (Wildman–Crippen LogP) is 3.29. The Morgan fingerprint density at radius 3 is 2.48 bits per heavy atom. The van der Waals surface area contributed by atoms with Gasteiger partial charge in [0.2, 0.25) is 6.10 Å². The van der Waals surface area contributed by atoms with Gasteiger partial charge in [-0.2, -0.15) is 0 Å². The molecule has 1 heterocycles. The second-order valence-corrected chi connectivity index (χ2v) is 5.89. The van der Waals surface area contributed by atoms with Crippen molar-refractivity contribution in [3.8, 4) is 11.5 Å². The van der Waals surface area contributed by atoms with Crippen LogP contribution in [-0.2, 0) is 9.53 Å². The Hall–Kier alpha value is -2.73. The Kier molecular flexibility index (Phi) is 4.81. The van der Waals surface area contributed by atoms with Crippen molar-refractivity contribution in [2.24, 2.45) is 0 Å². The summed E-state index contributed by atoms with van der Waals surface area (Å²) in [6.07, 6.45) is -1.30. The van der Waals surface area contributed by atoms with Crippen molar-refractivity contribution in [3.63, 3.8) is 0 Å². The number of ether oxygens (including phenoxy) is 3. The lowest BCUT2D eigenvalue weighted by Crippen LogP contribution is -2.46. The maximum Gasteiger partial charge on any atom is 0.339 e. The van der Waals surface area contributed by atoms with Crippen LogP contribution in [0.3, 0.4) is 0 Å². The largest absolute Gasteiger partial charge is 0.482 e. The molecule has 0 spiro atoms. The van der Waals surface area contributed by atoms with Gasteiger partial charge in [0.05, 0.1) is 17.7 Å². The molecule has 0 radical (unpaired) electrons. The number of nitrogens with one attached hydrogen (secondary N) is 1. The summed E-state index contributed by atoms with van der Waals surface area (Å²) in [4.78, 5) is 24.3. The van der Waals surface area contributed by atoms with Crippen molar-refractivity contribution in [2.75, 3.05) is 12.4 Å². The van der Waals surface area contributed by atoms with Crippen LogP contribution in [0.1, 0.15) is 17.3 Å². The van der Waals surface area contributed by atoms with Crippen LogP contribution in [0, 0.1) is 0 Å². The van der Waals surface area contributed by atoms with Crippen LogP contribution < -0.4 is 14.8 Å². The summed E-state index contributed by atoms with van der Waals surface area (Å²) in [6, 6.07) is 11.7. The minimum atomic E-state index is -0.827. The van der Waals surface area contributed by atoms with Gasteiger partial charge >= 0.3 is 5.97 Å². The fourth-order valence-corrected chi connectivity index (χ4v) is 2.68. The number of amides is 1. The Morgan fingerprint density at radius 2 is 1.80 bits per heavy atom. The maximum atomic E-state index is 12.6. The monoisotopic (exact) mass is 361 g/mol. The van der Waals surface area contributed by atoms with E-state index in [-0.39, 0.29) is 16.5 Å². The first-order valence-electron chi connectivity index (χ1n) is 7.60. The third-order valence-electron chi connectivity index (χ3n) is 3.74. The molecule has 3 rings (SSSR count). The normalized spacial score (nSPS) is 18.4. The predicted molar refractivity (Wildman–Crippen MR) is 92.4 cm³/mol. The van der Waals surface area contributed by atoms with Crippen molar-refractivity contribution in [1.82, 2.24) is 0 Å². The minimum absolute atomic E-state index is 0.168. The van der Waals surface area contributed by atoms with Crippen LogP contribution >= 0.6 is 11.6 Å². The fourth-order valence-electron chi connectivity index (χ4n) is 2.49. The highest BCUT2D eigenvalue weighted by Gasteiger charge is 2.34. The van der Waals surface area contributed by atoms with Crippen LogP contribution in [0.4, 0.5) is 5.69 Å². The average molecular weight is 362 g/mol. The summed E-state index contributed by atoms with van der Waals surface area (Å²) in [7, 11) is 1.26. The molecule has 25 heavy (non-hydrogen) atoms. The van der Waals surface area contributed by atoms with Gasteiger partial charge in [-0.1, -0.05) is 23.7 Å². The highest BCUT2D eigenvalue weighted by Crippen LogP contribution is 2.33. The molecule has 7 heteroatoms. The topological polar surface area (TPSA) is 73.9 Å². The number of para-hydroxylation sites is 2. The van der Waals surface area contributed by atoms with E-state index >= 15 is 0 Å². The molecule has 2 aromatic carbocycles. The van der Waals surface area contributed by atoms with Crippen LogP contribution in [0.5, 0.6) is 11.5 Å². The number of anilines is 1. The summed E-state index contributed by atoms with van der Waals surface area (Å²) in [5.41, 5.74) is 0.575. The van der Waals surface area contributed by atoms with E-state index in [1.807, 2.05) is 6.07 Å². The molecule has 0 aliphatic carbocycles. The zero-order valence-corrected chi connectivity index (χ0v) is 14.4. The van der Waals surface area contributed by atoms with E-state index in [0.29, 0.717) is 17.2 Å². The van der Waals surface area contributed by atoms with E-state index in [1.54, 1.807) is 31.2 Å². The summed E-state index contributed by atoms with van der Waals surface area (Å²) in [5.74, 6) is 0.131. The van der Waals surface area contributed by atoms with E-state index in [4.69, 9.17) is 21.1 Å². The van der Waals surface area contributed by atoms with Gasteiger partial charge in [-0.3, -0.25) is 4.79 Å². The Morgan fingerprint density at radius 1 is 1.12 bits per heavy atom. The first-order chi connectivity index (χ1) is 12.0. The van der Waals surface area contributed by atoms with Crippen molar-refractivity contribution < 1.29 is 23.8 Å². The highest BCUT2D eigenvalue weighted by atomic mass is 35.5. The average Bonchev–Trinajstić information content (AvgIpc) is 2.62. The molecule has 2 atom stereocenters. The minimum Gasteiger partial charge on any atom is -0.482 e. The molecule has 130 valence electrons. The van der Waals surface area contributed by atoms with E-state index in [0.717, 1.165) is 0 Å². The number of rotatable bonds is 3. The van der Waals surface area contributed by atoms with Gasteiger partial charge in [0, 0.05) is 5.69 Å². The van der Waals surface area contributed by atoms with Crippen molar-refractivity contribution >= 4 is 29.2 Å². The van der Waals surface area contributed by atoms with Gasteiger partial charge in [-0.15, -0.1) is 0 Å². The summed E-state index contributed by atoms with van der Waals surface area (Å²) in [5, 5.41) is 2.95. The van der Waals surface area contributed by atoms with Crippen molar-refractivity contribution in [3.05, 3.63) is 53.1 Å². The highest BCUT2D eigenvalue weighted by molar-refractivity contribution is 6.33. The van der Waals surface area contributed by atoms with E-state index < -0.39 is 18.2 Å². The zero-order valence-electron chi connectivity index (χ0n) is 13.6. The third-order valence-corrected chi connectivity index (χ3v) is 4.07. The molecule has 2 unspecified atom stereocenters. The molecule has 2 aromatic rings. The molecule has 0 aromatic heterocycles. The molecule has 6 nitrogen and oxygen atoms in total. The van der Waals surface area contributed by atoms with Crippen LogP contribution in [0.25, 0.3) is 0 Å². The molecule has 0 saturated heterocycles. The van der Waals surface area contributed by atoms with Gasteiger partial charge in [-0.05, 0) is 37.3 Å². The molecular formula is C18H16ClNO5. The van der Waals surface area contributed by atoms with Gasteiger partial charge in [0.1, 0.15) is 6.10 Å². The molecule has 0 fully saturated rings. The smallest absolute Gasteiger partial charge is 0.339 e. The van der Waals surface area contributed by atoms with Crippen LogP contribution in [-0.4, -0.2) is 31.2 Å². The van der Waals surface area contributed by atoms with Gasteiger partial charge < -0.3 is 19.5 Å². The second-order valence-electron chi connectivity index (χ2n) is 5.48. The number of fused-ring (bicyclic) bond motifs is 1. The number of benzene rings is 2. The van der Waals surface area contributed by atoms with Crippen molar-refractivity contribution in [2.45, 2.75) is 19.1 Å². The second kappa shape index (κ2) is 7.03. The van der Waals surface area contributed by atoms with Crippen LogP contribution in [0.15, 0.2) is 42.5 Å². The molecule has 1 aliphatic heterocycles. The number of hydrogen-bond acceptors (Lipinski definition) is 5. The van der Waals surface area contributed by atoms with E-state index in [1.165, 1.54) is 19.2 Å². The first kappa shape index (κ1) is 17.1. The maximum absolute atomic E-state index is 12.6. The lowest BCUT2D eigenvalue weighted by molar-refractivity contribution is -0.128. The lowest BCUT2D eigenvalue weighted by atomic mass is 10.1. The number of carbonyl (C=O) groups excluding carboxylic acids is 2. The molecule has 0 bridgehead atoms. The Labute approximate surface area is 149 Å². The summed E-state index contributed by atoms with van der Waals surface area (Å²) >= 11 is 5.98. The zero-order chi connectivity index (χ0) is 18.0. The third kappa shape index (κ3) is 3.53. The quantitative estimate of drug-likeness (QED) is 0.849. The molecule has 1 amide bonds. The van der Waals surface area contributed by atoms with Gasteiger partial charge in [0.15, 0.2) is 11.5 Å². The Bertz CT molecular complexity index is 823. The Balaban J connectivity index is 1.78. The first-order valence-corrected chi connectivity index (χ1v) is 7.98. The molecule has 1 N–H and O–H groups in total. The number of halogens is 1. The number of carbonyl (C=O) groups is 2. The lowest BCUT2D eigenvalue weighted by Gasteiger charge is -2.31. The molecule has 0 saturated carbocycles. The fraction of sp³-hybridized carbons (Fsp3) is 0.222. The van der Waals surface area contributed by atoms with E-state index in [9.17, 15) is 9.59 Å². The number of methoxy groups -OCH3 is 1. The molecule has 1 aliphatic rings. The van der Waals surface area contributed by atoms with Gasteiger partial charge in [-0.25, -0.2) is 4.79 Å². The number of hydrogen-bond donors (Lipinski definition) is 1. The molecular weight excluding hydrogens is 346 g/mol. The summed E-state index contributed by atoms with van der Waals surface area (Å²) in [6.45, 7) is 1.75.